The molecule has 0 amide bonds. The Morgan fingerprint density at radius 2 is 2.11 bits per heavy atom. The van der Waals surface area contributed by atoms with Gasteiger partial charge in [-0.3, -0.25) is 9.78 Å². The number of nitrogen functional groups attached to an aromatic ring is 1. The van der Waals surface area contributed by atoms with Gasteiger partial charge in [-0.05, 0) is 0 Å². The van der Waals surface area contributed by atoms with Crippen LogP contribution < -0.4 is 16.6 Å². The van der Waals surface area contributed by atoms with Crippen LogP contribution >= 0.6 is 12.4 Å². The summed E-state index contributed by atoms with van der Waals surface area (Å²) in [5.74, 6) is 0.0502. The molecular formula is C10H16ClN5O3. The van der Waals surface area contributed by atoms with Crippen molar-refractivity contribution in [3.8, 4) is 0 Å². The Balaban J connectivity index is 0.00000180. The predicted molar refractivity (Wildman–Crippen MR) is 73.2 cm³/mol. The quantitative estimate of drug-likeness (QED) is 0.404. The Morgan fingerprint density at radius 1 is 1.42 bits per heavy atom. The molecule has 0 radical (unpaired) electrons. The van der Waals surface area contributed by atoms with Crippen molar-refractivity contribution in [3.63, 3.8) is 0 Å². The van der Waals surface area contributed by atoms with Gasteiger partial charge in [-0.15, -0.1) is 12.4 Å². The van der Waals surface area contributed by atoms with Crippen LogP contribution in [0.2, 0.25) is 0 Å². The van der Waals surface area contributed by atoms with Crippen molar-refractivity contribution >= 4 is 29.4 Å². The molecule has 0 unspecified atom stereocenters. The molecule has 19 heavy (non-hydrogen) atoms. The van der Waals surface area contributed by atoms with Gasteiger partial charge < -0.3 is 26.2 Å². The zero-order chi connectivity index (χ0) is 13.1. The topological polar surface area (TPSA) is 140 Å². The fourth-order valence-corrected chi connectivity index (χ4v) is 1.66. The van der Waals surface area contributed by atoms with E-state index < -0.39 is 6.04 Å². The zero-order valence-corrected chi connectivity index (χ0v) is 10.8. The van der Waals surface area contributed by atoms with Crippen molar-refractivity contribution in [1.29, 1.82) is 0 Å². The molecule has 2 heterocycles. The smallest absolute Gasteiger partial charge is 0.276 e. The maximum Gasteiger partial charge on any atom is 0.276 e. The van der Waals surface area contributed by atoms with Gasteiger partial charge in [-0.1, -0.05) is 0 Å². The van der Waals surface area contributed by atoms with Gasteiger partial charge in [-0.25, -0.2) is 4.98 Å². The minimum atomic E-state index is -0.408. The molecule has 106 valence electrons. The van der Waals surface area contributed by atoms with Crippen LogP contribution in [0.3, 0.4) is 0 Å². The lowest BCUT2D eigenvalue weighted by molar-refractivity contribution is 0.170. The highest BCUT2D eigenvalue weighted by Gasteiger charge is 2.11. The number of fused-ring (bicyclic) bond motifs is 1. The van der Waals surface area contributed by atoms with Gasteiger partial charge in [0.25, 0.3) is 5.56 Å². The third kappa shape index (κ3) is 3.24. The molecule has 2 rings (SSSR count). The molecule has 0 spiro atoms. The van der Waals surface area contributed by atoms with Crippen molar-refractivity contribution in [2.75, 3.05) is 18.9 Å². The number of aromatic amines is 2. The van der Waals surface area contributed by atoms with E-state index in [4.69, 9.17) is 15.9 Å². The van der Waals surface area contributed by atoms with Crippen LogP contribution in [0.15, 0.2) is 11.0 Å². The first-order valence-electron chi connectivity index (χ1n) is 5.46. The number of rotatable bonds is 5. The molecule has 8 nitrogen and oxygen atoms in total. The van der Waals surface area contributed by atoms with Crippen LogP contribution in [-0.4, -0.2) is 44.4 Å². The van der Waals surface area contributed by atoms with Crippen molar-refractivity contribution in [2.45, 2.75) is 12.6 Å². The molecule has 0 saturated heterocycles. The Morgan fingerprint density at radius 3 is 2.74 bits per heavy atom. The SMILES string of the molecule is Cl.Nc1nc2c(CNC(CO)CO)c[nH]c2c(=O)[nH]1. The van der Waals surface area contributed by atoms with Gasteiger partial charge in [0.15, 0.2) is 0 Å². The van der Waals surface area contributed by atoms with E-state index in [1.807, 2.05) is 0 Å². The first-order chi connectivity index (χ1) is 8.65. The Kier molecular flexibility index (Phi) is 5.31. The minimum Gasteiger partial charge on any atom is -0.395 e. The number of hydrogen-bond donors (Lipinski definition) is 6. The molecule has 0 saturated carbocycles. The van der Waals surface area contributed by atoms with Crippen molar-refractivity contribution in [3.05, 3.63) is 22.1 Å². The maximum absolute atomic E-state index is 11.6. The van der Waals surface area contributed by atoms with Crippen LogP contribution in [-0.2, 0) is 6.54 Å². The van der Waals surface area contributed by atoms with Crippen LogP contribution in [0.5, 0.6) is 0 Å². The number of aliphatic hydroxyl groups is 2. The predicted octanol–water partition coefficient (Wildman–Crippen LogP) is -1.30. The number of aliphatic hydroxyl groups excluding tert-OH is 2. The number of anilines is 1. The number of aromatic nitrogens is 3. The number of nitrogens with one attached hydrogen (secondary N) is 3. The minimum absolute atomic E-state index is 0. The summed E-state index contributed by atoms with van der Waals surface area (Å²) >= 11 is 0. The molecule has 0 aliphatic rings. The molecule has 0 bridgehead atoms. The largest absolute Gasteiger partial charge is 0.395 e. The van der Waals surface area contributed by atoms with Crippen LogP contribution in [0.25, 0.3) is 11.0 Å². The molecule has 0 aliphatic heterocycles. The standard InChI is InChI=1S/C10H15N5O3.ClH/c11-10-14-7-5(1-12-6(3-16)4-17)2-13-8(7)9(18)15-10;/h2,6,12-13,16-17H,1,3-4H2,(H3,11,14,15,18);1H. The summed E-state index contributed by atoms with van der Waals surface area (Å²) < 4.78 is 0. The van der Waals surface area contributed by atoms with Gasteiger partial charge in [-0.2, -0.15) is 0 Å². The highest BCUT2D eigenvalue weighted by molar-refractivity contribution is 5.85. The van der Waals surface area contributed by atoms with Crippen LogP contribution in [0.4, 0.5) is 5.95 Å². The van der Waals surface area contributed by atoms with Crippen molar-refractivity contribution in [2.24, 2.45) is 0 Å². The number of halogens is 1. The van der Waals surface area contributed by atoms with E-state index in [9.17, 15) is 4.79 Å². The number of hydrogen-bond acceptors (Lipinski definition) is 6. The molecule has 0 fully saturated rings. The third-order valence-corrected chi connectivity index (χ3v) is 2.65. The lowest BCUT2D eigenvalue weighted by Crippen LogP contribution is -2.35. The van der Waals surface area contributed by atoms with Crippen LogP contribution in [0, 0.1) is 0 Å². The van der Waals surface area contributed by atoms with E-state index in [-0.39, 0.29) is 37.1 Å². The molecule has 7 N–H and O–H groups in total. The Hall–Kier alpha value is -1.61. The average molecular weight is 290 g/mol. The van der Waals surface area contributed by atoms with Gasteiger partial charge in [0.1, 0.15) is 11.0 Å². The zero-order valence-electron chi connectivity index (χ0n) is 10.0. The van der Waals surface area contributed by atoms with Gasteiger partial charge in [0, 0.05) is 18.3 Å². The second-order valence-electron chi connectivity index (χ2n) is 3.93. The number of nitrogens with zero attached hydrogens (tertiary/aromatic N) is 1. The van der Waals surface area contributed by atoms with Gasteiger partial charge in [0.2, 0.25) is 5.95 Å². The Bertz CT molecular complexity index is 592. The summed E-state index contributed by atoms with van der Waals surface area (Å²) in [6.07, 6.45) is 1.64. The Labute approximate surface area is 114 Å². The van der Waals surface area contributed by atoms with E-state index in [1.54, 1.807) is 6.20 Å². The summed E-state index contributed by atoms with van der Waals surface area (Å²) in [5.41, 5.74) is 6.73. The molecule has 2 aromatic heterocycles. The number of nitrogens with two attached hydrogens (primary N) is 1. The lowest BCUT2D eigenvalue weighted by atomic mass is 10.2. The van der Waals surface area contributed by atoms with Crippen molar-refractivity contribution < 1.29 is 10.2 Å². The second-order valence-corrected chi connectivity index (χ2v) is 3.93. The summed E-state index contributed by atoms with van der Waals surface area (Å²) in [6, 6.07) is -0.408. The van der Waals surface area contributed by atoms with E-state index in [2.05, 4.69) is 20.3 Å². The molecule has 9 heteroatoms. The molecular weight excluding hydrogens is 274 g/mol. The molecule has 0 aliphatic carbocycles. The third-order valence-electron chi connectivity index (χ3n) is 2.65. The molecule has 0 atom stereocenters. The van der Waals surface area contributed by atoms with Gasteiger partial charge >= 0.3 is 0 Å². The second kappa shape index (κ2) is 6.53. The van der Waals surface area contributed by atoms with Crippen LogP contribution in [0.1, 0.15) is 5.56 Å². The summed E-state index contributed by atoms with van der Waals surface area (Å²) in [7, 11) is 0. The average Bonchev–Trinajstić information content (AvgIpc) is 2.74. The normalized spacial score (nSPS) is 10.9. The summed E-state index contributed by atoms with van der Waals surface area (Å²) in [6.45, 7) is 0.0195. The fraction of sp³-hybridized carbons (Fsp3) is 0.400. The highest BCUT2D eigenvalue weighted by Crippen LogP contribution is 2.12. The van der Waals surface area contributed by atoms with Gasteiger partial charge in [0.05, 0.1) is 19.3 Å². The van der Waals surface area contributed by atoms with E-state index in [0.29, 0.717) is 17.6 Å². The molecule has 2 aromatic rings. The maximum atomic E-state index is 11.6. The summed E-state index contributed by atoms with van der Waals surface area (Å²) in [5, 5.41) is 20.8. The number of H-pyrrole nitrogens is 2. The first kappa shape index (κ1) is 15.4. The fourth-order valence-electron chi connectivity index (χ4n) is 1.66. The highest BCUT2D eigenvalue weighted by atomic mass is 35.5. The van der Waals surface area contributed by atoms with E-state index in [0.717, 1.165) is 5.56 Å². The lowest BCUT2D eigenvalue weighted by Gasteiger charge is -2.12. The first-order valence-corrected chi connectivity index (χ1v) is 5.46. The van der Waals surface area contributed by atoms with E-state index in [1.165, 1.54) is 0 Å². The van der Waals surface area contributed by atoms with E-state index >= 15 is 0 Å². The summed E-state index contributed by atoms with van der Waals surface area (Å²) in [4.78, 5) is 20.8. The molecule has 0 aromatic carbocycles. The monoisotopic (exact) mass is 289 g/mol. The van der Waals surface area contributed by atoms with Crippen molar-refractivity contribution in [1.82, 2.24) is 20.3 Å².